The first-order valence-corrected chi connectivity index (χ1v) is 10.9. The highest BCUT2D eigenvalue weighted by Crippen LogP contribution is 2.17. The Morgan fingerprint density at radius 2 is 2.00 bits per heavy atom. The monoisotopic (exact) mass is 559 g/mol. The maximum absolute atomic E-state index is 12.4. The van der Waals surface area contributed by atoms with Gasteiger partial charge in [-0.05, 0) is 29.7 Å². The van der Waals surface area contributed by atoms with E-state index in [1.807, 2.05) is 46.0 Å². The van der Waals surface area contributed by atoms with E-state index in [2.05, 4.69) is 37.7 Å². The predicted octanol–water partition coefficient (Wildman–Crippen LogP) is 2.64. The lowest BCUT2D eigenvalue weighted by atomic mass is 10.1. The van der Waals surface area contributed by atoms with Crippen LogP contribution in [0.1, 0.15) is 17.5 Å². The highest BCUT2D eigenvalue weighted by Gasteiger charge is 2.29. The summed E-state index contributed by atoms with van der Waals surface area (Å²) in [5, 5.41) is 6.71. The Morgan fingerprint density at radius 1 is 1.15 bits per heavy atom. The van der Waals surface area contributed by atoms with Gasteiger partial charge in [-0.15, -0.1) is 24.0 Å². The first-order chi connectivity index (χ1) is 15.7. The molecule has 9 heteroatoms. The smallest absolute Gasteiger partial charge is 0.223 e. The number of imidazole rings is 1. The highest BCUT2D eigenvalue weighted by molar-refractivity contribution is 14.0. The van der Waals surface area contributed by atoms with Crippen molar-refractivity contribution >= 4 is 35.8 Å². The molecule has 1 saturated heterocycles. The molecule has 1 unspecified atom stereocenters. The fraction of sp³-hybridized carbons (Fsp3) is 0.333. The number of aliphatic imine (C=N–C) groups is 1. The Kier molecular flexibility index (Phi) is 9.23. The van der Waals surface area contributed by atoms with Crippen molar-refractivity contribution in [1.29, 1.82) is 0 Å². The summed E-state index contributed by atoms with van der Waals surface area (Å²) in [4.78, 5) is 27.1. The molecule has 1 aliphatic heterocycles. The van der Waals surface area contributed by atoms with Gasteiger partial charge in [-0.2, -0.15) is 0 Å². The third-order valence-corrected chi connectivity index (χ3v) is 5.63. The zero-order valence-electron chi connectivity index (χ0n) is 18.7. The number of hydrogen-bond donors (Lipinski definition) is 2. The topological polar surface area (TPSA) is 87.4 Å². The molecule has 4 rings (SSSR count). The lowest BCUT2D eigenvalue weighted by Gasteiger charge is -2.18. The van der Waals surface area contributed by atoms with Gasteiger partial charge in [0.25, 0.3) is 0 Å². The largest absolute Gasteiger partial charge is 0.356 e. The van der Waals surface area contributed by atoms with Crippen molar-refractivity contribution in [3.05, 3.63) is 78.5 Å². The predicted molar refractivity (Wildman–Crippen MR) is 140 cm³/mol. The van der Waals surface area contributed by atoms with Crippen molar-refractivity contribution < 1.29 is 4.79 Å². The van der Waals surface area contributed by atoms with Crippen molar-refractivity contribution in [2.75, 3.05) is 26.7 Å². The van der Waals surface area contributed by atoms with E-state index in [0.29, 0.717) is 19.5 Å². The molecule has 1 aliphatic rings. The number of rotatable bonds is 8. The van der Waals surface area contributed by atoms with E-state index in [0.717, 1.165) is 36.9 Å². The number of pyridine rings is 1. The molecule has 2 N–H and O–H groups in total. The number of guanidine groups is 1. The van der Waals surface area contributed by atoms with Crippen LogP contribution in [0, 0.1) is 5.92 Å². The maximum Gasteiger partial charge on any atom is 0.223 e. The molecule has 1 fully saturated rings. The van der Waals surface area contributed by atoms with Gasteiger partial charge in [0.15, 0.2) is 5.96 Å². The second-order valence-corrected chi connectivity index (χ2v) is 7.94. The summed E-state index contributed by atoms with van der Waals surface area (Å²) in [6.45, 7) is 2.89. The summed E-state index contributed by atoms with van der Waals surface area (Å²) in [5.74, 6) is 2.07. The molecule has 1 amide bonds. The van der Waals surface area contributed by atoms with Crippen LogP contribution in [0.2, 0.25) is 0 Å². The average Bonchev–Trinajstić information content (AvgIpc) is 3.49. The molecule has 1 atom stereocenters. The van der Waals surface area contributed by atoms with E-state index in [1.165, 1.54) is 5.56 Å². The quantitative estimate of drug-likeness (QED) is 0.252. The van der Waals surface area contributed by atoms with Crippen molar-refractivity contribution in [3.63, 3.8) is 0 Å². The molecule has 0 spiro atoms. The Hall–Kier alpha value is -2.95. The number of aromatic nitrogens is 3. The Labute approximate surface area is 211 Å². The molecular weight excluding hydrogens is 529 g/mol. The number of carbonyl (C=O) groups excluding carboxylic acids is 1. The van der Waals surface area contributed by atoms with E-state index in [9.17, 15) is 4.79 Å². The van der Waals surface area contributed by atoms with Crippen molar-refractivity contribution in [3.8, 4) is 5.82 Å². The van der Waals surface area contributed by atoms with E-state index < -0.39 is 0 Å². The second kappa shape index (κ2) is 12.3. The molecule has 2 aromatic heterocycles. The normalized spacial score (nSPS) is 15.9. The van der Waals surface area contributed by atoms with Gasteiger partial charge in [-0.1, -0.05) is 30.3 Å². The summed E-state index contributed by atoms with van der Waals surface area (Å²) < 4.78 is 1.87. The zero-order valence-corrected chi connectivity index (χ0v) is 21.1. The van der Waals surface area contributed by atoms with Crippen LogP contribution >= 0.6 is 24.0 Å². The zero-order chi connectivity index (χ0) is 22.2. The van der Waals surface area contributed by atoms with Gasteiger partial charge < -0.3 is 15.5 Å². The fourth-order valence-electron chi connectivity index (χ4n) is 3.87. The number of benzene rings is 1. The van der Waals surface area contributed by atoms with Crippen LogP contribution in [-0.4, -0.2) is 58.0 Å². The van der Waals surface area contributed by atoms with E-state index in [1.54, 1.807) is 25.8 Å². The number of nitrogens with zero attached hydrogens (tertiary/aromatic N) is 5. The highest BCUT2D eigenvalue weighted by atomic mass is 127. The minimum absolute atomic E-state index is 0. The lowest BCUT2D eigenvalue weighted by molar-refractivity contribution is -0.127. The molecular formula is C24H30IN7O. The molecule has 3 heterocycles. The average molecular weight is 559 g/mol. The summed E-state index contributed by atoms with van der Waals surface area (Å²) in [6, 6.07) is 14.3. The van der Waals surface area contributed by atoms with Crippen LogP contribution in [0.5, 0.6) is 0 Å². The molecule has 0 aliphatic carbocycles. The molecule has 0 radical (unpaired) electrons. The first-order valence-electron chi connectivity index (χ1n) is 10.9. The molecule has 33 heavy (non-hydrogen) atoms. The Bertz CT molecular complexity index is 1040. The number of likely N-dealkylation sites (tertiary alicyclic amines) is 1. The standard InChI is InChI=1S/C24H29N7O.HI/c1-25-24(28-15-20-7-9-27-22(13-20)31-12-10-26-18-31)29-16-21-14-23(32)30(17-21)11-8-19-5-3-2-4-6-19;/h2-7,9-10,12-13,18,21H,8,11,14-17H2,1H3,(H2,25,28,29);1H. The minimum atomic E-state index is 0. The van der Waals surface area contributed by atoms with Crippen LogP contribution in [-0.2, 0) is 17.8 Å². The molecule has 1 aromatic carbocycles. The number of halogens is 1. The molecule has 0 saturated carbocycles. The van der Waals surface area contributed by atoms with Gasteiger partial charge in [0, 0.05) is 64.2 Å². The minimum Gasteiger partial charge on any atom is -0.356 e. The van der Waals surface area contributed by atoms with Crippen LogP contribution in [0.25, 0.3) is 5.82 Å². The molecule has 174 valence electrons. The number of carbonyl (C=O) groups is 1. The van der Waals surface area contributed by atoms with E-state index in [-0.39, 0.29) is 35.8 Å². The summed E-state index contributed by atoms with van der Waals surface area (Å²) in [6.07, 6.45) is 8.59. The summed E-state index contributed by atoms with van der Waals surface area (Å²) >= 11 is 0. The van der Waals surface area contributed by atoms with Crippen molar-refractivity contribution in [1.82, 2.24) is 30.1 Å². The van der Waals surface area contributed by atoms with Crippen LogP contribution in [0.15, 0.2) is 72.4 Å². The van der Waals surface area contributed by atoms with Crippen LogP contribution in [0.3, 0.4) is 0 Å². The van der Waals surface area contributed by atoms with E-state index >= 15 is 0 Å². The van der Waals surface area contributed by atoms with Gasteiger partial charge in [0.1, 0.15) is 12.1 Å². The van der Waals surface area contributed by atoms with Crippen molar-refractivity contribution in [2.24, 2.45) is 10.9 Å². The SMILES string of the molecule is CN=C(NCc1ccnc(-n2ccnc2)c1)NCC1CC(=O)N(CCc2ccccc2)C1.I. The van der Waals surface area contributed by atoms with Crippen LogP contribution < -0.4 is 10.6 Å². The maximum atomic E-state index is 12.4. The van der Waals surface area contributed by atoms with Gasteiger partial charge in [0.2, 0.25) is 5.91 Å². The third-order valence-electron chi connectivity index (χ3n) is 5.63. The van der Waals surface area contributed by atoms with Gasteiger partial charge in [-0.25, -0.2) is 9.97 Å². The fourth-order valence-corrected chi connectivity index (χ4v) is 3.87. The van der Waals surface area contributed by atoms with Crippen LogP contribution in [0.4, 0.5) is 0 Å². The first kappa shape index (κ1) is 24.7. The summed E-state index contributed by atoms with van der Waals surface area (Å²) in [7, 11) is 1.75. The Morgan fingerprint density at radius 3 is 2.76 bits per heavy atom. The third kappa shape index (κ3) is 7.01. The number of amides is 1. The number of hydrogen-bond acceptors (Lipinski definition) is 4. The summed E-state index contributed by atoms with van der Waals surface area (Å²) in [5.41, 5.74) is 2.36. The van der Waals surface area contributed by atoms with E-state index in [4.69, 9.17) is 0 Å². The van der Waals surface area contributed by atoms with Crippen molar-refractivity contribution in [2.45, 2.75) is 19.4 Å². The lowest BCUT2D eigenvalue weighted by Crippen LogP contribution is -2.40. The molecule has 8 nitrogen and oxygen atoms in total. The number of nitrogens with one attached hydrogen (secondary N) is 2. The molecule has 0 bridgehead atoms. The van der Waals surface area contributed by atoms with Gasteiger partial charge >= 0.3 is 0 Å². The molecule has 3 aromatic rings. The van der Waals surface area contributed by atoms with Gasteiger partial charge in [0.05, 0.1) is 0 Å². The Balaban J connectivity index is 0.00000306. The van der Waals surface area contributed by atoms with Gasteiger partial charge in [-0.3, -0.25) is 14.4 Å². The second-order valence-electron chi connectivity index (χ2n) is 7.94.